The molecular formula is C18H17ClFNO2. The van der Waals surface area contributed by atoms with E-state index < -0.39 is 12.1 Å². The van der Waals surface area contributed by atoms with Crippen LogP contribution in [-0.4, -0.2) is 13.1 Å². The first-order chi connectivity index (χ1) is 11.2. The Kier molecular flexibility index (Phi) is 3.87. The van der Waals surface area contributed by atoms with Crippen LogP contribution in [0, 0.1) is 5.82 Å². The largest absolute Gasteiger partial charge is 0.447 e. The molecule has 0 unspecified atom stereocenters. The lowest BCUT2D eigenvalue weighted by Crippen LogP contribution is -2.26. The van der Waals surface area contributed by atoms with Crippen molar-refractivity contribution in [3.63, 3.8) is 0 Å². The quantitative estimate of drug-likeness (QED) is 0.882. The van der Waals surface area contributed by atoms with Gasteiger partial charge in [0, 0.05) is 10.6 Å². The fraction of sp³-hybridized carbons (Fsp3) is 0.333. The summed E-state index contributed by atoms with van der Waals surface area (Å²) in [5.74, 6) is 1.46. The molecule has 2 aromatic rings. The van der Waals surface area contributed by atoms with Crippen LogP contribution < -0.4 is 14.8 Å². The molecule has 5 heteroatoms. The lowest BCUT2D eigenvalue weighted by Gasteiger charge is -2.24. The van der Waals surface area contributed by atoms with E-state index in [9.17, 15) is 4.39 Å². The molecule has 23 heavy (non-hydrogen) atoms. The third kappa shape index (κ3) is 2.77. The van der Waals surface area contributed by atoms with E-state index >= 15 is 0 Å². The summed E-state index contributed by atoms with van der Waals surface area (Å²) in [4.78, 5) is 0. The minimum Gasteiger partial charge on any atom is -0.447 e. The van der Waals surface area contributed by atoms with Gasteiger partial charge in [-0.1, -0.05) is 23.7 Å². The van der Waals surface area contributed by atoms with Gasteiger partial charge in [0.25, 0.3) is 6.29 Å². The van der Waals surface area contributed by atoms with E-state index in [0.717, 1.165) is 37.2 Å². The molecule has 120 valence electrons. The van der Waals surface area contributed by atoms with Crippen molar-refractivity contribution < 1.29 is 13.9 Å². The summed E-state index contributed by atoms with van der Waals surface area (Å²) in [5, 5.41) is 3.72. The van der Waals surface area contributed by atoms with Crippen molar-refractivity contribution in [2.24, 2.45) is 0 Å². The van der Waals surface area contributed by atoms with Crippen LogP contribution >= 0.6 is 11.6 Å². The van der Waals surface area contributed by atoms with Gasteiger partial charge in [-0.2, -0.15) is 0 Å². The number of halogens is 2. The highest BCUT2D eigenvalue weighted by atomic mass is 35.5. The fourth-order valence-corrected chi connectivity index (χ4v) is 3.43. The van der Waals surface area contributed by atoms with Crippen LogP contribution in [0.1, 0.15) is 36.2 Å². The predicted octanol–water partition coefficient (Wildman–Crippen LogP) is 4.42. The molecule has 4 rings (SSSR count). The van der Waals surface area contributed by atoms with Crippen LogP contribution in [-0.2, 0) is 0 Å². The van der Waals surface area contributed by atoms with Crippen LogP contribution in [0.15, 0.2) is 36.4 Å². The van der Waals surface area contributed by atoms with Crippen molar-refractivity contribution in [3.8, 4) is 11.5 Å². The maximum atomic E-state index is 14.1. The van der Waals surface area contributed by atoms with Crippen LogP contribution in [0.3, 0.4) is 0 Å². The Morgan fingerprint density at radius 2 is 1.87 bits per heavy atom. The molecule has 0 saturated carbocycles. The zero-order valence-corrected chi connectivity index (χ0v) is 13.3. The third-order valence-corrected chi connectivity index (χ3v) is 4.70. The van der Waals surface area contributed by atoms with E-state index in [2.05, 4.69) is 11.4 Å². The highest BCUT2D eigenvalue weighted by Gasteiger charge is 2.32. The van der Waals surface area contributed by atoms with E-state index in [1.807, 2.05) is 12.1 Å². The van der Waals surface area contributed by atoms with Gasteiger partial charge in [-0.25, -0.2) is 4.39 Å². The van der Waals surface area contributed by atoms with Crippen molar-refractivity contribution in [2.75, 3.05) is 13.1 Å². The summed E-state index contributed by atoms with van der Waals surface area (Å²) in [7, 11) is 0. The molecule has 0 bridgehead atoms. The predicted molar refractivity (Wildman–Crippen MR) is 86.7 cm³/mol. The van der Waals surface area contributed by atoms with E-state index in [1.54, 1.807) is 12.1 Å². The van der Waals surface area contributed by atoms with Crippen molar-refractivity contribution in [2.45, 2.75) is 25.0 Å². The topological polar surface area (TPSA) is 30.5 Å². The normalized spacial score (nSPS) is 20.7. The average Bonchev–Trinajstić information content (AvgIpc) is 2.99. The van der Waals surface area contributed by atoms with Crippen molar-refractivity contribution in [1.82, 2.24) is 5.32 Å². The molecule has 1 fully saturated rings. The number of rotatable bonds is 2. The average molecular weight is 334 g/mol. The number of hydrogen-bond donors (Lipinski definition) is 1. The minimum absolute atomic E-state index is 0.358. The Hall–Kier alpha value is -1.78. The summed E-state index contributed by atoms with van der Waals surface area (Å²) < 4.78 is 25.9. The summed E-state index contributed by atoms with van der Waals surface area (Å²) in [6.07, 6.45) is 1.38. The van der Waals surface area contributed by atoms with Crippen molar-refractivity contribution >= 4 is 11.6 Å². The Balaban J connectivity index is 1.64. The molecule has 1 N–H and O–H groups in total. The first-order valence-corrected chi connectivity index (χ1v) is 8.22. The molecule has 2 aliphatic rings. The molecule has 3 nitrogen and oxygen atoms in total. The summed E-state index contributed by atoms with van der Waals surface area (Å²) in [6, 6.07) is 10.5. The number of nitrogens with one attached hydrogen (secondary N) is 1. The smallest absolute Gasteiger partial charge is 0.270 e. The maximum Gasteiger partial charge on any atom is 0.270 e. The molecule has 2 aromatic carbocycles. The molecule has 2 heterocycles. The van der Waals surface area contributed by atoms with E-state index in [0.29, 0.717) is 22.3 Å². The lowest BCUT2D eigenvalue weighted by molar-refractivity contribution is 0.0447. The SMILES string of the molecule is Fc1cc(Cl)ccc1[C@@H]1Oc2cccc(C3CCNCC3)c2O1. The first-order valence-electron chi connectivity index (χ1n) is 7.84. The van der Waals surface area contributed by atoms with E-state index in [4.69, 9.17) is 21.1 Å². The molecule has 0 aliphatic carbocycles. The number of piperidine rings is 1. The standard InChI is InChI=1S/C18H17ClFNO2/c19-12-4-5-14(15(20)10-12)18-22-16-3-1-2-13(17(16)23-18)11-6-8-21-9-7-11/h1-5,10-11,18,21H,6-9H2/t18-/m1/s1. The Morgan fingerprint density at radius 3 is 2.65 bits per heavy atom. The van der Waals surface area contributed by atoms with Gasteiger partial charge in [-0.05, 0) is 56.1 Å². The Morgan fingerprint density at radius 1 is 1.04 bits per heavy atom. The molecule has 1 saturated heterocycles. The number of ether oxygens (including phenoxy) is 2. The van der Waals surface area contributed by atoms with Gasteiger partial charge in [0.05, 0.1) is 5.56 Å². The van der Waals surface area contributed by atoms with Gasteiger partial charge in [0.15, 0.2) is 11.5 Å². The summed E-state index contributed by atoms with van der Waals surface area (Å²) in [5.41, 5.74) is 1.52. The first kappa shape index (κ1) is 14.8. The van der Waals surface area contributed by atoms with Gasteiger partial charge < -0.3 is 14.8 Å². The van der Waals surface area contributed by atoms with Gasteiger partial charge in [0.2, 0.25) is 0 Å². The number of para-hydroxylation sites is 1. The molecule has 0 radical (unpaired) electrons. The minimum atomic E-state index is -0.759. The Labute approximate surface area is 139 Å². The zero-order chi connectivity index (χ0) is 15.8. The number of benzene rings is 2. The second kappa shape index (κ2) is 6.02. The summed E-state index contributed by atoms with van der Waals surface area (Å²) in [6.45, 7) is 2.01. The van der Waals surface area contributed by atoms with Crippen LogP contribution in [0.5, 0.6) is 11.5 Å². The molecular weight excluding hydrogens is 317 g/mol. The molecule has 0 aromatic heterocycles. The second-order valence-electron chi connectivity index (χ2n) is 5.93. The van der Waals surface area contributed by atoms with Crippen molar-refractivity contribution in [1.29, 1.82) is 0 Å². The summed E-state index contributed by atoms with van der Waals surface area (Å²) >= 11 is 5.81. The second-order valence-corrected chi connectivity index (χ2v) is 6.37. The lowest BCUT2D eigenvalue weighted by atomic mass is 9.89. The van der Waals surface area contributed by atoms with Crippen LogP contribution in [0.2, 0.25) is 5.02 Å². The van der Waals surface area contributed by atoms with Crippen LogP contribution in [0.4, 0.5) is 4.39 Å². The van der Waals surface area contributed by atoms with E-state index in [1.165, 1.54) is 6.07 Å². The van der Waals surface area contributed by atoms with Gasteiger partial charge in [-0.3, -0.25) is 0 Å². The highest BCUT2D eigenvalue weighted by molar-refractivity contribution is 6.30. The third-order valence-electron chi connectivity index (χ3n) is 4.46. The molecule has 1 atom stereocenters. The number of fused-ring (bicyclic) bond motifs is 1. The molecule has 0 amide bonds. The zero-order valence-electron chi connectivity index (χ0n) is 12.5. The molecule has 0 spiro atoms. The highest BCUT2D eigenvalue weighted by Crippen LogP contribution is 2.47. The molecule has 2 aliphatic heterocycles. The van der Waals surface area contributed by atoms with E-state index in [-0.39, 0.29) is 0 Å². The fourth-order valence-electron chi connectivity index (χ4n) is 3.27. The van der Waals surface area contributed by atoms with Gasteiger partial charge in [-0.15, -0.1) is 0 Å². The van der Waals surface area contributed by atoms with Crippen molar-refractivity contribution in [3.05, 3.63) is 58.4 Å². The van der Waals surface area contributed by atoms with Gasteiger partial charge in [0.1, 0.15) is 5.82 Å². The van der Waals surface area contributed by atoms with Crippen LogP contribution in [0.25, 0.3) is 0 Å². The monoisotopic (exact) mass is 333 g/mol. The van der Waals surface area contributed by atoms with Gasteiger partial charge >= 0.3 is 0 Å². The maximum absolute atomic E-state index is 14.1. The number of hydrogen-bond acceptors (Lipinski definition) is 3. The Bertz CT molecular complexity index is 731.